The fourth-order valence-corrected chi connectivity index (χ4v) is 3.44. The molecule has 1 heterocycles. The van der Waals surface area contributed by atoms with Crippen LogP contribution in [0.1, 0.15) is 17.0 Å². The number of amides is 1. The first-order chi connectivity index (χ1) is 13.6. The summed E-state index contributed by atoms with van der Waals surface area (Å²) in [6.45, 7) is 4.26. The molecule has 28 heavy (non-hydrogen) atoms. The lowest BCUT2D eigenvalue weighted by molar-refractivity contribution is -0.112. The number of hydrogen-bond acceptors (Lipinski definition) is 4. The fraction of sp³-hybridized carbons (Fsp3) is 0.130. The van der Waals surface area contributed by atoms with Gasteiger partial charge in [0.05, 0.1) is 17.9 Å². The van der Waals surface area contributed by atoms with Gasteiger partial charge in [-0.3, -0.25) is 4.79 Å². The van der Waals surface area contributed by atoms with Gasteiger partial charge in [-0.2, -0.15) is 0 Å². The molecule has 1 aromatic heterocycles. The molecule has 0 bridgehead atoms. The zero-order chi connectivity index (χ0) is 19.8. The van der Waals surface area contributed by atoms with Gasteiger partial charge in [0, 0.05) is 17.1 Å². The van der Waals surface area contributed by atoms with Crippen molar-refractivity contribution >= 4 is 23.2 Å². The summed E-state index contributed by atoms with van der Waals surface area (Å²) < 4.78 is 5.89. The molecular formula is C23H22N2O2S. The predicted molar refractivity (Wildman–Crippen MR) is 114 cm³/mol. The van der Waals surface area contributed by atoms with Crippen LogP contribution in [-0.4, -0.2) is 17.5 Å². The minimum atomic E-state index is -0.603. The summed E-state index contributed by atoms with van der Waals surface area (Å²) >= 11 is 1.67. The van der Waals surface area contributed by atoms with Crippen molar-refractivity contribution in [3.63, 3.8) is 0 Å². The summed E-state index contributed by atoms with van der Waals surface area (Å²) in [5.41, 5.74) is 8.01. The Kier molecular flexibility index (Phi) is 6.87. The van der Waals surface area contributed by atoms with Gasteiger partial charge >= 0.3 is 0 Å². The molecule has 3 aromatic rings. The third kappa shape index (κ3) is 5.47. The Balaban J connectivity index is 1.71. The molecule has 142 valence electrons. The maximum Gasteiger partial charge on any atom is 0.250 e. The molecule has 0 radical (unpaired) electrons. The maximum absolute atomic E-state index is 11.7. The van der Waals surface area contributed by atoms with Crippen molar-refractivity contribution in [3.05, 3.63) is 96.3 Å². The van der Waals surface area contributed by atoms with Gasteiger partial charge < -0.3 is 10.5 Å². The number of hydrogen-bond donors (Lipinski definition) is 1. The van der Waals surface area contributed by atoms with E-state index in [2.05, 4.69) is 35.8 Å². The molecular weight excluding hydrogens is 368 g/mol. The van der Waals surface area contributed by atoms with Gasteiger partial charge in [-0.1, -0.05) is 55.1 Å². The molecule has 3 rings (SSSR count). The minimum Gasteiger partial charge on any atom is -0.491 e. The molecule has 0 saturated heterocycles. The Hall–Kier alpha value is -3.05. The highest BCUT2D eigenvalue weighted by molar-refractivity contribution is 7.98. The van der Waals surface area contributed by atoms with Crippen molar-refractivity contribution in [3.8, 4) is 5.75 Å². The van der Waals surface area contributed by atoms with E-state index in [1.807, 2.05) is 48.5 Å². The minimum absolute atomic E-state index is 0.154. The molecule has 0 aliphatic rings. The van der Waals surface area contributed by atoms with Crippen LogP contribution in [0, 0.1) is 0 Å². The Morgan fingerprint density at radius 3 is 2.36 bits per heavy atom. The molecule has 0 unspecified atom stereocenters. The number of aromatic nitrogens is 1. The van der Waals surface area contributed by atoms with E-state index in [4.69, 9.17) is 10.5 Å². The number of carbonyl (C=O) groups is 1. The van der Waals surface area contributed by atoms with Crippen LogP contribution >= 0.6 is 11.8 Å². The quantitative estimate of drug-likeness (QED) is 0.432. The van der Waals surface area contributed by atoms with E-state index in [-0.39, 0.29) is 5.57 Å². The number of nitrogens with two attached hydrogens (primary N) is 1. The van der Waals surface area contributed by atoms with Crippen LogP contribution in [0.4, 0.5) is 0 Å². The second-order valence-electron chi connectivity index (χ2n) is 6.18. The topological polar surface area (TPSA) is 65.2 Å². The standard InChI is InChI=1S/C23H22N2O2S/c1-17(23(24)26)22-21(27-15-14-18-8-4-2-5-9-18)13-12-19(25-22)16-28-20-10-6-3-7-11-20/h2-13H,1,14-16H2,(H2,24,26). The van der Waals surface area contributed by atoms with Gasteiger partial charge in [-0.25, -0.2) is 4.98 Å². The van der Waals surface area contributed by atoms with Crippen molar-refractivity contribution in [1.82, 2.24) is 4.98 Å². The molecule has 0 saturated carbocycles. The van der Waals surface area contributed by atoms with E-state index >= 15 is 0 Å². The molecule has 1 amide bonds. The SMILES string of the molecule is C=C(C(N)=O)c1nc(CSc2ccccc2)ccc1OCCc1ccccc1. The zero-order valence-corrected chi connectivity index (χ0v) is 16.3. The number of ether oxygens (including phenoxy) is 1. The highest BCUT2D eigenvalue weighted by Gasteiger charge is 2.15. The van der Waals surface area contributed by atoms with Crippen LogP contribution < -0.4 is 10.5 Å². The first kappa shape index (κ1) is 19.7. The molecule has 0 spiro atoms. The number of thioether (sulfide) groups is 1. The third-order valence-corrected chi connectivity index (χ3v) is 5.17. The van der Waals surface area contributed by atoms with Crippen LogP contribution in [0.15, 0.2) is 84.3 Å². The number of rotatable bonds is 9. The van der Waals surface area contributed by atoms with Crippen molar-refractivity contribution in [2.45, 2.75) is 17.1 Å². The number of carbonyl (C=O) groups excluding carboxylic acids is 1. The molecule has 0 aliphatic carbocycles. The highest BCUT2D eigenvalue weighted by atomic mass is 32.2. The predicted octanol–water partition coefficient (Wildman–Crippen LogP) is 4.49. The van der Waals surface area contributed by atoms with Gasteiger partial charge in [0.1, 0.15) is 11.4 Å². The smallest absolute Gasteiger partial charge is 0.250 e. The molecule has 2 aromatic carbocycles. The van der Waals surface area contributed by atoms with Crippen LogP contribution in [-0.2, 0) is 17.0 Å². The van der Waals surface area contributed by atoms with E-state index in [9.17, 15) is 4.79 Å². The number of primary amides is 1. The van der Waals surface area contributed by atoms with Crippen molar-refractivity contribution in [1.29, 1.82) is 0 Å². The van der Waals surface area contributed by atoms with E-state index in [1.54, 1.807) is 11.8 Å². The Morgan fingerprint density at radius 2 is 1.68 bits per heavy atom. The van der Waals surface area contributed by atoms with Gasteiger partial charge in [-0.15, -0.1) is 11.8 Å². The van der Waals surface area contributed by atoms with Crippen molar-refractivity contribution in [2.24, 2.45) is 5.73 Å². The zero-order valence-electron chi connectivity index (χ0n) is 15.5. The van der Waals surface area contributed by atoms with Gasteiger partial charge in [0.2, 0.25) is 5.91 Å². The van der Waals surface area contributed by atoms with Crippen LogP contribution in [0.3, 0.4) is 0 Å². The van der Waals surface area contributed by atoms with E-state index in [0.29, 0.717) is 23.8 Å². The second-order valence-corrected chi connectivity index (χ2v) is 7.23. The summed E-state index contributed by atoms with van der Waals surface area (Å²) in [4.78, 5) is 17.4. The molecule has 2 N–H and O–H groups in total. The summed E-state index contributed by atoms with van der Waals surface area (Å²) in [5, 5.41) is 0. The second kappa shape index (κ2) is 9.76. The van der Waals surface area contributed by atoms with E-state index in [0.717, 1.165) is 17.0 Å². The maximum atomic E-state index is 11.7. The van der Waals surface area contributed by atoms with Crippen molar-refractivity contribution < 1.29 is 9.53 Å². The summed E-state index contributed by atoms with van der Waals surface area (Å²) in [5.74, 6) is 0.592. The van der Waals surface area contributed by atoms with Gasteiger partial charge in [0.25, 0.3) is 0 Å². The molecule has 0 atom stereocenters. The lowest BCUT2D eigenvalue weighted by Crippen LogP contribution is -2.15. The largest absolute Gasteiger partial charge is 0.491 e. The summed E-state index contributed by atoms with van der Waals surface area (Å²) in [6.07, 6.45) is 0.759. The molecule has 5 heteroatoms. The first-order valence-electron chi connectivity index (χ1n) is 8.97. The van der Waals surface area contributed by atoms with Gasteiger partial charge in [0.15, 0.2) is 0 Å². The summed E-state index contributed by atoms with van der Waals surface area (Å²) in [6, 6.07) is 23.9. The number of benzene rings is 2. The Labute approximate surface area is 169 Å². The average molecular weight is 391 g/mol. The third-order valence-electron chi connectivity index (χ3n) is 4.12. The summed E-state index contributed by atoms with van der Waals surface area (Å²) in [7, 11) is 0. The first-order valence-corrected chi connectivity index (χ1v) is 9.95. The normalized spacial score (nSPS) is 10.4. The fourth-order valence-electron chi connectivity index (χ4n) is 2.61. The lowest BCUT2D eigenvalue weighted by Gasteiger charge is -2.13. The van der Waals surface area contributed by atoms with E-state index in [1.165, 1.54) is 5.56 Å². The lowest BCUT2D eigenvalue weighted by atomic mass is 10.1. The molecule has 0 fully saturated rings. The average Bonchev–Trinajstić information content (AvgIpc) is 2.73. The Morgan fingerprint density at radius 1 is 1.00 bits per heavy atom. The molecule has 0 aliphatic heterocycles. The van der Waals surface area contributed by atoms with Crippen LogP contribution in [0.25, 0.3) is 5.57 Å². The monoisotopic (exact) mass is 390 g/mol. The molecule has 4 nitrogen and oxygen atoms in total. The van der Waals surface area contributed by atoms with Crippen molar-refractivity contribution in [2.75, 3.05) is 6.61 Å². The van der Waals surface area contributed by atoms with Crippen LogP contribution in [0.2, 0.25) is 0 Å². The van der Waals surface area contributed by atoms with Gasteiger partial charge in [-0.05, 0) is 29.8 Å². The van der Waals surface area contributed by atoms with E-state index < -0.39 is 5.91 Å². The number of nitrogens with zero attached hydrogens (tertiary/aromatic N) is 1. The highest BCUT2D eigenvalue weighted by Crippen LogP contribution is 2.27. The number of pyridine rings is 1. The van der Waals surface area contributed by atoms with Crippen LogP contribution in [0.5, 0.6) is 5.75 Å². The Bertz CT molecular complexity index is 943.